The Labute approximate surface area is 66.0 Å². The molecule has 0 unspecified atom stereocenters. The number of aromatic nitrogens is 2. The Bertz CT molecular complexity index is 352. The van der Waals surface area contributed by atoms with E-state index >= 15 is 0 Å². The molecule has 0 bridgehead atoms. The molecule has 0 fully saturated rings. The highest BCUT2D eigenvalue weighted by Crippen LogP contribution is 2.05. The van der Waals surface area contributed by atoms with Crippen molar-refractivity contribution in [2.45, 2.75) is 5.03 Å². The Balaban J connectivity index is 3.46. The van der Waals surface area contributed by atoms with Crippen molar-refractivity contribution in [1.29, 1.82) is 0 Å². The highest BCUT2D eigenvalue weighted by atomic mass is 32.1. The van der Waals surface area contributed by atoms with Gasteiger partial charge in [0.25, 0.3) is 0 Å². The minimum atomic E-state index is -1.30. The summed E-state index contributed by atoms with van der Waals surface area (Å²) in [6.45, 7) is 0. The molecule has 0 atom stereocenters. The zero-order chi connectivity index (χ0) is 8.59. The Kier molecular flexibility index (Phi) is 1.65. The van der Waals surface area contributed by atoms with Crippen LogP contribution in [0.5, 0.6) is 0 Å². The third-order valence-corrected chi connectivity index (χ3v) is 1.44. The largest absolute Gasteiger partial charge is 0.476 e. The predicted octanol–water partition coefficient (Wildman–Crippen LogP) is -1.12. The first-order valence-corrected chi connectivity index (χ1v) is 3.01. The number of carboxylic acids is 1. The molecule has 7 heteroatoms. The summed E-state index contributed by atoms with van der Waals surface area (Å²) in [6, 6.07) is 0. The van der Waals surface area contributed by atoms with E-state index in [1.165, 1.54) is 0 Å². The van der Waals surface area contributed by atoms with Gasteiger partial charge in [0.2, 0.25) is 0 Å². The lowest BCUT2D eigenvalue weighted by atomic mass is 10.5. The van der Waals surface area contributed by atoms with Crippen molar-refractivity contribution in [3.05, 3.63) is 16.2 Å². The number of nitrogens with one attached hydrogen (secondary N) is 1. The number of nitrogen functional groups attached to an aromatic ring is 1. The molecular weight excluding hydrogens is 170 g/mol. The van der Waals surface area contributed by atoms with Gasteiger partial charge in [-0.25, -0.2) is 14.3 Å². The number of rotatable bonds is 1. The van der Waals surface area contributed by atoms with Crippen LogP contribution < -0.4 is 11.5 Å². The van der Waals surface area contributed by atoms with E-state index in [9.17, 15) is 9.59 Å². The smallest absolute Gasteiger partial charge is 0.357 e. The Morgan fingerprint density at radius 1 is 1.73 bits per heavy atom. The van der Waals surface area contributed by atoms with E-state index in [1.807, 2.05) is 0 Å². The fraction of sp³-hybridized carbons (Fsp3) is 0. The molecule has 60 valence electrons. The van der Waals surface area contributed by atoms with Crippen molar-refractivity contribution in [2.24, 2.45) is 0 Å². The van der Waals surface area contributed by atoms with E-state index in [2.05, 4.69) is 17.6 Å². The lowest BCUT2D eigenvalue weighted by Crippen LogP contribution is -2.27. The van der Waals surface area contributed by atoms with E-state index in [1.54, 1.807) is 0 Å². The molecule has 6 nitrogen and oxygen atoms in total. The first-order chi connectivity index (χ1) is 5.04. The lowest BCUT2D eigenvalue weighted by molar-refractivity contribution is 0.0683. The third kappa shape index (κ3) is 1.09. The molecule has 0 aromatic carbocycles. The van der Waals surface area contributed by atoms with Gasteiger partial charge in [-0.05, 0) is 0 Å². The molecule has 11 heavy (non-hydrogen) atoms. The van der Waals surface area contributed by atoms with E-state index in [0.717, 1.165) is 0 Å². The maximum atomic E-state index is 10.6. The fourth-order valence-electron chi connectivity index (χ4n) is 0.641. The summed E-state index contributed by atoms with van der Waals surface area (Å²) < 4.78 is 0.491. The summed E-state index contributed by atoms with van der Waals surface area (Å²) >= 11 is 3.69. The summed E-state index contributed by atoms with van der Waals surface area (Å²) in [4.78, 5) is 23.1. The first kappa shape index (κ1) is 7.73. The van der Waals surface area contributed by atoms with Crippen LogP contribution in [0.4, 0.5) is 0 Å². The number of thiol groups is 1. The number of hydrogen-bond donors (Lipinski definition) is 4. The predicted molar refractivity (Wildman–Crippen MR) is 39.4 cm³/mol. The van der Waals surface area contributed by atoms with Crippen molar-refractivity contribution < 1.29 is 9.90 Å². The molecule has 4 N–H and O–H groups in total. The number of nitrogens with zero attached hydrogens (tertiary/aromatic N) is 1. The first-order valence-electron chi connectivity index (χ1n) is 2.56. The number of hydrogen-bond acceptors (Lipinski definition) is 4. The highest BCUT2D eigenvalue weighted by Gasteiger charge is 2.15. The van der Waals surface area contributed by atoms with Crippen LogP contribution in [-0.4, -0.2) is 20.7 Å². The average molecular weight is 175 g/mol. The lowest BCUT2D eigenvalue weighted by Gasteiger charge is -1.93. The second-order valence-electron chi connectivity index (χ2n) is 1.80. The van der Waals surface area contributed by atoms with Crippen LogP contribution in [0.25, 0.3) is 0 Å². The van der Waals surface area contributed by atoms with Crippen molar-refractivity contribution in [3.8, 4) is 0 Å². The van der Waals surface area contributed by atoms with Gasteiger partial charge in [-0.15, -0.1) is 12.6 Å². The number of H-pyrrole nitrogens is 1. The van der Waals surface area contributed by atoms with Crippen molar-refractivity contribution >= 4 is 18.6 Å². The molecule has 1 aromatic heterocycles. The zero-order valence-electron chi connectivity index (χ0n) is 5.24. The number of carboxylic acid groups (broad SMARTS) is 1. The van der Waals surface area contributed by atoms with Crippen molar-refractivity contribution in [1.82, 2.24) is 9.66 Å². The number of nitrogens with two attached hydrogens (primary N) is 1. The summed E-state index contributed by atoms with van der Waals surface area (Å²) in [6.07, 6.45) is 0. The average Bonchev–Trinajstić information content (AvgIpc) is 2.07. The van der Waals surface area contributed by atoms with Crippen LogP contribution in [-0.2, 0) is 0 Å². The van der Waals surface area contributed by atoms with E-state index < -0.39 is 11.7 Å². The van der Waals surface area contributed by atoms with Crippen LogP contribution in [0.15, 0.2) is 9.82 Å². The Hall–Kier alpha value is -1.37. The fourth-order valence-corrected chi connectivity index (χ4v) is 0.940. The van der Waals surface area contributed by atoms with Crippen molar-refractivity contribution in [2.75, 3.05) is 5.84 Å². The summed E-state index contributed by atoms with van der Waals surface area (Å²) in [5.74, 6) is 3.75. The molecule has 0 saturated heterocycles. The molecule has 0 saturated carbocycles. The minimum Gasteiger partial charge on any atom is -0.476 e. The molecule has 1 heterocycles. The maximum Gasteiger partial charge on any atom is 0.357 e. The van der Waals surface area contributed by atoms with Crippen LogP contribution >= 0.6 is 12.6 Å². The van der Waals surface area contributed by atoms with Crippen LogP contribution in [0.1, 0.15) is 10.5 Å². The normalized spacial score (nSPS) is 9.91. The zero-order valence-corrected chi connectivity index (χ0v) is 6.13. The maximum absolute atomic E-state index is 10.6. The van der Waals surface area contributed by atoms with E-state index in [-0.39, 0.29) is 10.7 Å². The molecule has 1 rings (SSSR count). The van der Waals surface area contributed by atoms with Crippen LogP contribution in [0, 0.1) is 0 Å². The summed E-state index contributed by atoms with van der Waals surface area (Å²) in [7, 11) is 0. The Morgan fingerprint density at radius 3 is 2.45 bits per heavy atom. The van der Waals surface area contributed by atoms with E-state index in [0.29, 0.717) is 4.68 Å². The quantitative estimate of drug-likeness (QED) is 0.320. The van der Waals surface area contributed by atoms with Gasteiger partial charge in [-0.1, -0.05) is 0 Å². The van der Waals surface area contributed by atoms with Gasteiger partial charge in [0, 0.05) is 0 Å². The molecule has 1 aromatic rings. The van der Waals surface area contributed by atoms with Gasteiger partial charge in [-0.3, -0.25) is 4.98 Å². The number of aromatic carboxylic acids is 1. The molecule has 0 aliphatic heterocycles. The van der Waals surface area contributed by atoms with Gasteiger partial charge < -0.3 is 10.9 Å². The standard InChI is InChI=1S/C4H5N3O3S/c5-7-1(3(8)9)2(11)6-4(7)10/h11H,5H2,(H,6,10)(H,8,9). The van der Waals surface area contributed by atoms with Crippen molar-refractivity contribution in [3.63, 3.8) is 0 Å². The van der Waals surface area contributed by atoms with Gasteiger partial charge in [0.05, 0.1) is 0 Å². The molecule has 0 amide bonds. The Morgan fingerprint density at radius 2 is 2.27 bits per heavy atom. The molecule has 0 aliphatic carbocycles. The van der Waals surface area contributed by atoms with E-state index in [4.69, 9.17) is 10.9 Å². The third-order valence-electron chi connectivity index (χ3n) is 1.11. The van der Waals surface area contributed by atoms with Gasteiger partial charge in [0.15, 0.2) is 5.69 Å². The van der Waals surface area contributed by atoms with Crippen LogP contribution in [0.3, 0.4) is 0 Å². The molecule has 0 spiro atoms. The minimum absolute atomic E-state index is 0.0509. The van der Waals surface area contributed by atoms with Gasteiger partial charge in [0.1, 0.15) is 5.03 Å². The SMILES string of the molecule is Nn1c(C(=O)O)c(S)[nH]c1=O. The van der Waals surface area contributed by atoms with Gasteiger partial charge >= 0.3 is 11.7 Å². The molecule has 0 aliphatic rings. The molecular formula is C4H5N3O3S. The monoisotopic (exact) mass is 175 g/mol. The second-order valence-corrected chi connectivity index (χ2v) is 2.25. The molecule has 0 radical (unpaired) electrons. The van der Waals surface area contributed by atoms with Gasteiger partial charge in [-0.2, -0.15) is 0 Å². The number of aromatic amines is 1. The topological polar surface area (TPSA) is 101 Å². The van der Waals surface area contributed by atoms with Crippen LogP contribution in [0.2, 0.25) is 0 Å². The summed E-state index contributed by atoms with van der Waals surface area (Å²) in [5, 5.41) is 8.40. The number of carbonyl (C=O) groups is 1. The number of imidazole rings is 1. The highest BCUT2D eigenvalue weighted by molar-refractivity contribution is 7.80. The summed E-state index contributed by atoms with van der Waals surface area (Å²) in [5.41, 5.74) is -1.05. The second kappa shape index (κ2) is 2.35.